The van der Waals surface area contributed by atoms with Gasteiger partial charge < -0.3 is 0 Å². The van der Waals surface area contributed by atoms with E-state index in [9.17, 15) is 0 Å². The Morgan fingerprint density at radius 3 is 2.50 bits per heavy atom. The predicted octanol–water partition coefficient (Wildman–Crippen LogP) is 7.33. The molecule has 126 valence electrons. The van der Waals surface area contributed by atoms with Gasteiger partial charge in [-0.2, -0.15) is 0 Å². The molecule has 0 aliphatic heterocycles. The molecule has 4 atom stereocenters. The summed E-state index contributed by atoms with van der Waals surface area (Å²) >= 11 is 0. The molecule has 0 fully saturated rings. The van der Waals surface area contributed by atoms with Gasteiger partial charge in [0.15, 0.2) is 0 Å². The molecule has 0 heteroatoms. The van der Waals surface area contributed by atoms with Crippen LogP contribution in [0.1, 0.15) is 79.6 Å². The fourth-order valence-electron chi connectivity index (χ4n) is 4.41. The minimum absolute atomic E-state index is 0.616. The van der Waals surface area contributed by atoms with Crippen LogP contribution in [0.15, 0.2) is 36.0 Å². The molecule has 0 aromatic rings. The summed E-state index contributed by atoms with van der Waals surface area (Å²) in [6.07, 6.45) is 16.0. The molecular weight excluding hydrogens is 264 g/mol. The van der Waals surface area contributed by atoms with Crippen LogP contribution in [-0.2, 0) is 0 Å². The minimum atomic E-state index is 0.616. The van der Waals surface area contributed by atoms with Crippen LogP contribution in [0.5, 0.6) is 0 Å². The summed E-state index contributed by atoms with van der Waals surface area (Å²) in [5.41, 5.74) is 3.40. The van der Waals surface area contributed by atoms with Crippen LogP contribution in [0.2, 0.25) is 0 Å². The van der Waals surface area contributed by atoms with Crippen molar-refractivity contribution in [2.45, 2.75) is 79.6 Å². The average Bonchev–Trinajstić information content (AvgIpc) is 2.65. The van der Waals surface area contributed by atoms with Gasteiger partial charge in [0.05, 0.1) is 0 Å². The van der Waals surface area contributed by atoms with E-state index in [2.05, 4.69) is 59.4 Å². The maximum absolute atomic E-state index is 4.16. The van der Waals surface area contributed by atoms with Crippen molar-refractivity contribution >= 4 is 0 Å². The van der Waals surface area contributed by atoms with E-state index in [1.165, 1.54) is 44.9 Å². The van der Waals surface area contributed by atoms with Crippen LogP contribution in [0.3, 0.4) is 0 Å². The molecule has 0 nitrogen and oxygen atoms in total. The second-order valence-electron chi connectivity index (χ2n) is 7.06. The van der Waals surface area contributed by atoms with Crippen molar-refractivity contribution in [2.24, 2.45) is 23.7 Å². The summed E-state index contributed by atoms with van der Waals surface area (Å²) in [5.74, 6) is 2.90. The van der Waals surface area contributed by atoms with Gasteiger partial charge in [0.2, 0.25) is 0 Å². The number of hydrogen-bond donors (Lipinski definition) is 0. The van der Waals surface area contributed by atoms with Crippen molar-refractivity contribution in [2.75, 3.05) is 0 Å². The Morgan fingerprint density at radius 1 is 1.27 bits per heavy atom. The van der Waals surface area contributed by atoms with Gasteiger partial charge in [0, 0.05) is 0 Å². The van der Waals surface area contributed by atoms with Gasteiger partial charge in [-0.25, -0.2) is 0 Å². The molecule has 0 radical (unpaired) electrons. The summed E-state index contributed by atoms with van der Waals surface area (Å²) in [7, 11) is 0. The van der Waals surface area contributed by atoms with Gasteiger partial charge in [-0.05, 0) is 68.3 Å². The molecule has 0 aromatic carbocycles. The molecule has 0 heterocycles. The molecule has 1 aliphatic rings. The van der Waals surface area contributed by atoms with Crippen LogP contribution in [0.4, 0.5) is 0 Å². The smallest absolute Gasteiger partial charge is 0.00714 e. The quantitative estimate of drug-likeness (QED) is 0.412. The first kappa shape index (κ1) is 19.3. The third-order valence-corrected chi connectivity index (χ3v) is 5.83. The number of unbranched alkanes of at least 4 members (excludes halogenated alkanes) is 1. The minimum Gasteiger partial charge on any atom is -0.103 e. The normalized spacial score (nSPS) is 28.0. The second kappa shape index (κ2) is 10.1. The highest BCUT2D eigenvalue weighted by atomic mass is 14.4. The summed E-state index contributed by atoms with van der Waals surface area (Å²) in [5, 5.41) is 0. The average molecular weight is 303 g/mol. The van der Waals surface area contributed by atoms with Crippen molar-refractivity contribution in [1.29, 1.82) is 0 Å². The van der Waals surface area contributed by atoms with Crippen molar-refractivity contribution in [3.8, 4) is 0 Å². The van der Waals surface area contributed by atoms with E-state index in [0.29, 0.717) is 11.8 Å². The summed E-state index contributed by atoms with van der Waals surface area (Å²) in [6, 6.07) is 0. The Bertz CT molecular complexity index is 385. The maximum Gasteiger partial charge on any atom is -0.00714 e. The highest BCUT2D eigenvalue weighted by Gasteiger charge is 2.34. The summed E-state index contributed by atoms with van der Waals surface area (Å²) < 4.78 is 0. The second-order valence-corrected chi connectivity index (χ2v) is 7.06. The van der Waals surface area contributed by atoms with Crippen LogP contribution in [0.25, 0.3) is 0 Å². The van der Waals surface area contributed by atoms with Gasteiger partial charge in [-0.15, -0.1) is 6.58 Å². The number of hydrogen-bond acceptors (Lipinski definition) is 0. The van der Waals surface area contributed by atoms with Gasteiger partial charge in [-0.3, -0.25) is 0 Å². The molecule has 0 amide bonds. The first-order valence-electron chi connectivity index (χ1n) is 9.61. The van der Waals surface area contributed by atoms with Gasteiger partial charge in [0.25, 0.3) is 0 Å². The Hall–Kier alpha value is -0.780. The third kappa shape index (κ3) is 4.61. The summed E-state index contributed by atoms with van der Waals surface area (Å²) in [6.45, 7) is 15.8. The van der Waals surface area contributed by atoms with Crippen LogP contribution < -0.4 is 0 Å². The molecule has 0 aromatic heterocycles. The van der Waals surface area contributed by atoms with Crippen molar-refractivity contribution in [3.05, 3.63) is 36.0 Å². The summed E-state index contributed by atoms with van der Waals surface area (Å²) in [4.78, 5) is 0. The topological polar surface area (TPSA) is 0 Å². The van der Waals surface area contributed by atoms with Gasteiger partial charge in [0.1, 0.15) is 0 Å². The Morgan fingerprint density at radius 2 is 2.00 bits per heavy atom. The molecule has 0 saturated carbocycles. The number of allylic oxidation sites excluding steroid dienone is 5. The predicted molar refractivity (Wildman–Crippen MR) is 101 cm³/mol. The molecule has 1 aliphatic carbocycles. The largest absolute Gasteiger partial charge is 0.103 e. The lowest BCUT2D eigenvalue weighted by molar-refractivity contribution is 0.224. The van der Waals surface area contributed by atoms with Crippen molar-refractivity contribution in [3.63, 3.8) is 0 Å². The Balaban J connectivity index is 3.29. The maximum atomic E-state index is 4.16. The fourth-order valence-corrected chi connectivity index (χ4v) is 4.41. The Labute approximate surface area is 139 Å². The highest BCUT2D eigenvalue weighted by molar-refractivity contribution is 5.31. The standard InChI is InChI=1S/C22H38/c1-7-12-14-20-16-15-19(11-5)17(6)22(18(9-3)10-4)21(20)13-8-2/h8-9,13,17-19,22H,3,7,10-12,14-16H2,1-2,4-6H3. The zero-order chi connectivity index (χ0) is 16.5. The van der Waals surface area contributed by atoms with E-state index in [4.69, 9.17) is 0 Å². The van der Waals surface area contributed by atoms with E-state index < -0.39 is 0 Å². The molecule has 0 spiro atoms. The van der Waals surface area contributed by atoms with Gasteiger partial charge in [-0.1, -0.05) is 64.3 Å². The fraction of sp³-hybridized carbons (Fsp3) is 0.727. The van der Waals surface area contributed by atoms with E-state index in [1.807, 2.05) is 0 Å². The first-order chi connectivity index (χ1) is 10.6. The Kier molecular flexibility index (Phi) is 8.83. The van der Waals surface area contributed by atoms with Gasteiger partial charge >= 0.3 is 0 Å². The van der Waals surface area contributed by atoms with Crippen molar-refractivity contribution < 1.29 is 0 Å². The lowest BCUT2D eigenvalue weighted by Crippen LogP contribution is -2.26. The lowest BCUT2D eigenvalue weighted by atomic mass is 9.70. The molecule has 0 N–H and O–H groups in total. The lowest BCUT2D eigenvalue weighted by Gasteiger charge is -2.34. The van der Waals surface area contributed by atoms with Crippen LogP contribution in [-0.4, -0.2) is 0 Å². The molecular formula is C22H38. The van der Waals surface area contributed by atoms with Crippen LogP contribution in [0, 0.1) is 23.7 Å². The van der Waals surface area contributed by atoms with Crippen LogP contribution >= 0.6 is 0 Å². The highest BCUT2D eigenvalue weighted by Crippen LogP contribution is 2.44. The zero-order valence-electron chi connectivity index (χ0n) is 15.7. The van der Waals surface area contributed by atoms with E-state index >= 15 is 0 Å². The molecule has 1 rings (SSSR count). The molecule has 4 unspecified atom stereocenters. The van der Waals surface area contributed by atoms with E-state index in [1.54, 1.807) is 11.1 Å². The monoisotopic (exact) mass is 302 g/mol. The molecule has 22 heavy (non-hydrogen) atoms. The third-order valence-electron chi connectivity index (χ3n) is 5.83. The SMILES string of the molecule is C=CC(CC)C1C(C=CC)=C(CCCC)CCC(CC)C1C. The molecule has 0 saturated heterocycles. The van der Waals surface area contributed by atoms with E-state index in [-0.39, 0.29) is 0 Å². The van der Waals surface area contributed by atoms with E-state index in [0.717, 1.165) is 11.8 Å². The number of rotatable bonds is 8. The van der Waals surface area contributed by atoms with Crippen molar-refractivity contribution in [1.82, 2.24) is 0 Å². The first-order valence-corrected chi connectivity index (χ1v) is 9.61. The molecule has 0 bridgehead atoms. The zero-order valence-corrected chi connectivity index (χ0v) is 15.7.